The normalized spacial score (nSPS) is 10.8. The summed E-state index contributed by atoms with van der Waals surface area (Å²) < 4.78 is 0. The molecule has 0 amide bonds. The standard InChI is InChI=1S/C14H18N2/c1-2-15-10-5-6-12-9-11-16-14-8-4-3-7-13(12)14/h3-4,7-9,11,15H,2,5-6,10H2,1H3. The number of hydrogen-bond donors (Lipinski definition) is 1. The van der Waals surface area contributed by atoms with Crippen molar-refractivity contribution in [2.45, 2.75) is 19.8 Å². The number of aryl methyl sites for hydroxylation is 1. The highest BCUT2D eigenvalue weighted by Gasteiger charge is 2.00. The zero-order valence-electron chi connectivity index (χ0n) is 9.74. The zero-order chi connectivity index (χ0) is 11.2. The van der Waals surface area contributed by atoms with Gasteiger partial charge < -0.3 is 5.32 Å². The van der Waals surface area contributed by atoms with Crippen molar-refractivity contribution in [3.05, 3.63) is 42.1 Å². The third-order valence-electron chi connectivity index (χ3n) is 2.79. The van der Waals surface area contributed by atoms with Crippen molar-refractivity contribution >= 4 is 10.9 Å². The third kappa shape index (κ3) is 2.58. The molecule has 0 aliphatic carbocycles. The molecule has 2 rings (SSSR count). The van der Waals surface area contributed by atoms with Crippen LogP contribution in [0.4, 0.5) is 0 Å². The molecule has 1 aromatic carbocycles. The molecule has 0 saturated carbocycles. The van der Waals surface area contributed by atoms with Crippen LogP contribution in [-0.2, 0) is 6.42 Å². The number of fused-ring (bicyclic) bond motifs is 1. The lowest BCUT2D eigenvalue weighted by molar-refractivity contribution is 0.674. The van der Waals surface area contributed by atoms with Gasteiger partial charge in [0.1, 0.15) is 0 Å². The number of benzene rings is 1. The summed E-state index contributed by atoms with van der Waals surface area (Å²) in [5, 5.41) is 4.64. The molecule has 1 aromatic heterocycles. The van der Waals surface area contributed by atoms with Crippen LogP contribution in [0.15, 0.2) is 36.5 Å². The molecule has 0 radical (unpaired) electrons. The summed E-state index contributed by atoms with van der Waals surface area (Å²) in [5.41, 5.74) is 2.51. The number of pyridine rings is 1. The Hall–Kier alpha value is -1.41. The van der Waals surface area contributed by atoms with E-state index in [2.05, 4.69) is 41.5 Å². The smallest absolute Gasteiger partial charge is 0.0704 e. The third-order valence-corrected chi connectivity index (χ3v) is 2.79. The summed E-state index contributed by atoms with van der Waals surface area (Å²) in [5.74, 6) is 0. The van der Waals surface area contributed by atoms with Crippen LogP contribution in [0.2, 0.25) is 0 Å². The Balaban J connectivity index is 2.11. The Kier molecular flexibility index (Phi) is 3.89. The Morgan fingerprint density at radius 1 is 1.19 bits per heavy atom. The van der Waals surface area contributed by atoms with Gasteiger partial charge in [-0.25, -0.2) is 0 Å². The van der Waals surface area contributed by atoms with Crippen molar-refractivity contribution in [3.8, 4) is 0 Å². The lowest BCUT2D eigenvalue weighted by Gasteiger charge is -2.06. The van der Waals surface area contributed by atoms with Crippen molar-refractivity contribution < 1.29 is 0 Å². The Labute approximate surface area is 96.7 Å². The fourth-order valence-electron chi connectivity index (χ4n) is 1.95. The van der Waals surface area contributed by atoms with Crippen molar-refractivity contribution in [1.82, 2.24) is 10.3 Å². The second kappa shape index (κ2) is 5.61. The molecular weight excluding hydrogens is 196 g/mol. The van der Waals surface area contributed by atoms with Crippen molar-refractivity contribution in [2.24, 2.45) is 0 Å². The van der Waals surface area contributed by atoms with Gasteiger partial charge in [-0.15, -0.1) is 0 Å². The number of para-hydroxylation sites is 1. The van der Waals surface area contributed by atoms with Gasteiger partial charge in [0.15, 0.2) is 0 Å². The van der Waals surface area contributed by atoms with E-state index in [0.29, 0.717) is 0 Å². The van der Waals surface area contributed by atoms with Crippen LogP contribution < -0.4 is 5.32 Å². The predicted octanol–water partition coefficient (Wildman–Crippen LogP) is 2.78. The maximum absolute atomic E-state index is 4.37. The van der Waals surface area contributed by atoms with Crippen LogP contribution in [-0.4, -0.2) is 18.1 Å². The van der Waals surface area contributed by atoms with Gasteiger partial charge in [0.25, 0.3) is 0 Å². The average molecular weight is 214 g/mol. The molecule has 0 bridgehead atoms. The molecule has 84 valence electrons. The Morgan fingerprint density at radius 3 is 2.94 bits per heavy atom. The molecule has 16 heavy (non-hydrogen) atoms. The first kappa shape index (κ1) is 11.1. The first-order valence-electron chi connectivity index (χ1n) is 5.95. The molecule has 1 N–H and O–H groups in total. The van der Waals surface area contributed by atoms with Gasteiger partial charge >= 0.3 is 0 Å². The highest BCUT2D eigenvalue weighted by Crippen LogP contribution is 2.17. The van der Waals surface area contributed by atoms with E-state index < -0.39 is 0 Å². The Morgan fingerprint density at radius 2 is 2.06 bits per heavy atom. The monoisotopic (exact) mass is 214 g/mol. The SMILES string of the molecule is CCNCCCc1ccnc2ccccc12. The van der Waals surface area contributed by atoms with Gasteiger partial charge in [0.05, 0.1) is 5.52 Å². The van der Waals surface area contributed by atoms with Gasteiger partial charge in [-0.3, -0.25) is 4.98 Å². The van der Waals surface area contributed by atoms with Crippen molar-refractivity contribution in [1.29, 1.82) is 0 Å². The molecule has 0 fully saturated rings. The highest BCUT2D eigenvalue weighted by molar-refractivity contribution is 5.81. The lowest BCUT2D eigenvalue weighted by atomic mass is 10.0. The minimum Gasteiger partial charge on any atom is -0.317 e. The predicted molar refractivity (Wildman–Crippen MR) is 68.6 cm³/mol. The van der Waals surface area contributed by atoms with Crippen LogP contribution in [0.3, 0.4) is 0 Å². The maximum Gasteiger partial charge on any atom is 0.0704 e. The lowest BCUT2D eigenvalue weighted by Crippen LogP contribution is -2.14. The largest absolute Gasteiger partial charge is 0.317 e. The van der Waals surface area contributed by atoms with E-state index in [0.717, 1.165) is 25.0 Å². The van der Waals surface area contributed by atoms with Gasteiger partial charge in [0.2, 0.25) is 0 Å². The molecule has 0 spiro atoms. The topological polar surface area (TPSA) is 24.9 Å². The van der Waals surface area contributed by atoms with E-state index in [4.69, 9.17) is 0 Å². The molecule has 0 atom stereocenters. The van der Waals surface area contributed by atoms with Crippen LogP contribution in [0.5, 0.6) is 0 Å². The van der Waals surface area contributed by atoms with E-state index >= 15 is 0 Å². The van der Waals surface area contributed by atoms with E-state index in [9.17, 15) is 0 Å². The van der Waals surface area contributed by atoms with Crippen LogP contribution in [0.25, 0.3) is 10.9 Å². The molecule has 0 unspecified atom stereocenters. The summed E-state index contributed by atoms with van der Waals surface area (Å²) >= 11 is 0. The zero-order valence-corrected chi connectivity index (χ0v) is 9.74. The van der Waals surface area contributed by atoms with E-state index in [1.165, 1.54) is 17.4 Å². The van der Waals surface area contributed by atoms with Gasteiger partial charge in [-0.2, -0.15) is 0 Å². The molecule has 2 aromatic rings. The van der Waals surface area contributed by atoms with Gasteiger partial charge in [-0.05, 0) is 43.6 Å². The number of rotatable bonds is 5. The fraction of sp³-hybridized carbons (Fsp3) is 0.357. The molecule has 2 heteroatoms. The number of hydrogen-bond acceptors (Lipinski definition) is 2. The quantitative estimate of drug-likeness (QED) is 0.774. The van der Waals surface area contributed by atoms with Crippen LogP contribution in [0.1, 0.15) is 18.9 Å². The molecule has 1 heterocycles. The van der Waals surface area contributed by atoms with Gasteiger partial charge in [0, 0.05) is 11.6 Å². The number of aromatic nitrogens is 1. The van der Waals surface area contributed by atoms with E-state index in [-0.39, 0.29) is 0 Å². The van der Waals surface area contributed by atoms with Crippen molar-refractivity contribution in [2.75, 3.05) is 13.1 Å². The highest BCUT2D eigenvalue weighted by atomic mass is 14.8. The molecule has 2 nitrogen and oxygen atoms in total. The minimum atomic E-state index is 1.05. The average Bonchev–Trinajstić information content (AvgIpc) is 2.35. The van der Waals surface area contributed by atoms with Gasteiger partial charge in [-0.1, -0.05) is 25.1 Å². The van der Waals surface area contributed by atoms with E-state index in [1.54, 1.807) is 0 Å². The number of nitrogens with one attached hydrogen (secondary N) is 1. The second-order valence-corrected chi connectivity index (χ2v) is 3.94. The molecular formula is C14H18N2. The van der Waals surface area contributed by atoms with Crippen LogP contribution >= 0.6 is 0 Å². The fourth-order valence-corrected chi connectivity index (χ4v) is 1.95. The first-order valence-corrected chi connectivity index (χ1v) is 5.95. The summed E-state index contributed by atoms with van der Waals surface area (Å²) in [6.45, 7) is 4.28. The first-order chi connectivity index (χ1) is 7.92. The van der Waals surface area contributed by atoms with Crippen molar-refractivity contribution in [3.63, 3.8) is 0 Å². The van der Waals surface area contributed by atoms with E-state index in [1.807, 2.05) is 12.3 Å². The second-order valence-electron chi connectivity index (χ2n) is 3.94. The minimum absolute atomic E-state index is 1.05. The molecule has 0 aliphatic heterocycles. The Bertz CT molecular complexity index is 446. The summed E-state index contributed by atoms with van der Waals surface area (Å²) in [4.78, 5) is 4.37. The molecule has 0 saturated heterocycles. The molecule has 0 aliphatic rings. The summed E-state index contributed by atoms with van der Waals surface area (Å²) in [7, 11) is 0. The van der Waals surface area contributed by atoms with Crippen LogP contribution in [0, 0.1) is 0 Å². The number of nitrogens with zero attached hydrogens (tertiary/aromatic N) is 1. The maximum atomic E-state index is 4.37. The summed E-state index contributed by atoms with van der Waals surface area (Å²) in [6.07, 6.45) is 4.21. The summed E-state index contributed by atoms with van der Waals surface area (Å²) in [6, 6.07) is 10.5.